The number of aliphatic hydroxyl groups excluding tert-OH is 1. The summed E-state index contributed by atoms with van der Waals surface area (Å²) in [5.41, 5.74) is 1.10. The fraction of sp³-hybridized carbons (Fsp3) is 0.538. The van der Waals surface area contributed by atoms with Gasteiger partial charge in [-0.15, -0.1) is 0 Å². The van der Waals surface area contributed by atoms with E-state index in [9.17, 15) is 5.11 Å². The lowest BCUT2D eigenvalue weighted by Crippen LogP contribution is -2.11. The van der Waals surface area contributed by atoms with Gasteiger partial charge in [-0.25, -0.2) is 0 Å². The second-order valence-corrected chi connectivity index (χ2v) is 5.88. The highest BCUT2D eigenvalue weighted by Crippen LogP contribution is 2.23. The lowest BCUT2D eigenvalue weighted by molar-refractivity contribution is 0.140. The fourth-order valence-corrected chi connectivity index (χ4v) is 2.48. The van der Waals surface area contributed by atoms with E-state index < -0.39 is 0 Å². The number of hydrogen-bond donors (Lipinski definition) is 1. The highest BCUT2D eigenvalue weighted by Gasteiger charge is 2.08. The van der Waals surface area contributed by atoms with Crippen LogP contribution in [0.25, 0.3) is 0 Å². The van der Waals surface area contributed by atoms with Crippen LogP contribution in [0.2, 0.25) is 5.02 Å². The van der Waals surface area contributed by atoms with Gasteiger partial charge in [-0.1, -0.05) is 47.4 Å². The van der Waals surface area contributed by atoms with E-state index >= 15 is 0 Å². The first-order valence-electron chi connectivity index (χ1n) is 5.61. The van der Waals surface area contributed by atoms with Gasteiger partial charge in [0.1, 0.15) is 0 Å². The van der Waals surface area contributed by atoms with Crippen molar-refractivity contribution in [3.8, 4) is 0 Å². The Bertz CT molecular complexity index is 339. The lowest BCUT2D eigenvalue weighted by atomic mass is 10.00. The van der Waals surface area contributed by atoms with E-state index in [-0.39, 0.29) is 6.10 Å². The average molecular weight is 306 g/mol. The number of aryl methyl sites for hydroxylation is 1. The zero-order valence-corrected chi connectivity index (χ0v) is 12.1. The Morgan fingerprint density at radius 2 is 2.06 bits per heavy atom. The average Bonchev–Trinajstić information content (AvgIpc) is 2.15. The summed E-state index contributed by atoms with van der Waals surface area (Å²) in [6.07, 6.45) is 2.24. The Kier molecular flexibility index (Phi) is 5.81. The Morgan fingerprint density at radius 3 is 2.62 bits per heavy atom. The van der Waals surface area contributed by atoms with E-state index in [1.54, 1.807) is 0 Å². The van der Waals surface area contributed by atoms with Crippen LogP contribution in [0, 0.1) is 5.92 Å². The van der Waals surface area contributed by atoms with Crippen molar-refractivity contribution in [3.63, 3.8) is 0 Å². The highest BCUT2D eigenvalue weighted by atomic mass is 79.9. The molecule has 0 saturated carbocycles. The predicted molar refractivity (Wildman–Crippen MR) is 72.9 cm³/mol. The van der Waals surface area contributed by atoms with Crippen molar-refractivity contribution in [3.05, 3.63) is 33.3 Å². The third kappa shape index (κ3) is 4.86. The third-order valence-corrected chi connectivity index (χ3v) is 3.35. The fourth-order valence-electron chi connectivity index (χ4n) is 1.71. The molecule has 1 nitrogen and oxygen atoms in total. The Hall–Kier alpha value is -0.0500. The standard InChI is InChI=1S/C13H18BrClO/c1-9(2)7-12(16)6-4-10-3-5-11(14)8-13(10)15/h3,5,8-9,12,16H,4,6-7H2,1-2H3. The maximum atomic E-state index is 9.77. The van der Waals surface area contributed by atoms with E-state index in [0.29, 0.717) is 5.92 Å². The molecule has 0 aromatic heterocycles. The van der Waals surface area contributed by atoms with Crippen LogP contribution >= 0.6 is 27.5 Å². The molecule has 0 saturated heterocycles. The minimum absolute atomic E-state index is 0.222. The molecule has 0 spiro atoms. The van der Waals surface area contributed by atoms with Gasteiger partial charge in [0.2, 0.25) is 0 Å². The maximum Gasteiger partial charge on any atom is 0.0545 e. The van der Waals surface area contributed by atoms with Crippen LogP contribution in [0.5, 0.6) is 0 Å². The first-order chi connectivity index (χ1) is 7.49. The van der Waals surface area contributed by atoms with Gasteiger partial charge in [0.15, 0.2) is 0 Å². The number of halogens is 2. The Balaban J connectivity index is 2.48. The van der Waals surface area contributed by atoms with Gasteiger partial charge in [0, 0.05) is 9.50 Å². The molecule has 0 aliphatic carbocycles. The van der Waals surface area contributed by atoms with Crippen LogP contribution in [-0.4, -0.2) is 11.2 Å². The topological polar surface area (TPSA) is 20.2 Å². The van der Waals surface area contributed by atoms with Gasteiger partial charge in [-0.3, -0.25) is 0 Å². The molecule has 0 aliphatic rings. The molecule has 0 radical (unpaired) electrons. The zero-order chi connectivity index (χ0) is 12.1. The van der Waals surface area contributed by atoms with Gasteiger partial charge in [-0.2, -0.15) is 0 Å². The summed E-state index contributed by atoms with van der Waals surface area (Å²) in [6.45, 7) is 4.24. The molecule has 1 N–H and O–H groups in total. The van der Waals surface area contributed by atoms with Gasteiger partial charge in [0.05, 0.1) is 6.10 Å². The molecular weight excluding hydrogens is 287 g/mol. The Labute approximate surface area is 111 Å². The first-order valence-corrected chi connectivity index (χ1v) is 6.78. The monoisotopic (exact) mass is 304 g/mol. The van der Waals surface area contributed by atoms with Crippen LogP contribution in [-0.2, 0) is 6.42 Å². The summed E-state index contributed by atoms with van der Waals surface area (Å²) in [7, 11) is 0. The van der Waals surface area contributed by atoms with Crippen molar-refractivity contribution in [1.29, 1.82) is 0 Å². The number of rotatable bonds is 5. The zero-order valence-electron chi connectivity index (χ0n) is 9.71. The highest BCUT2D eigenvalue weighted by molar-refractivity contribution is 9.10. The van der Waals surface area contributed by atoms with E-state index in [0.717, 1.165) is 34.3 Å². The predicted octanol–water partition coefficient (Wildman–Crippen LogP) is 4.44. The summed E-state index contributed by atoms with van der Waals surface area (Å²) in [4.78, 5) is 0. The van der Waals surface area contributed by atoms with Gasteiger partial charge >= 0.3 is 0 Å². The second-order valence-electron chi connectivity index (χ2n) is 4.56. The van der Waals surface area contributed by atoms with Crippen molar-refractivity contribution < 1.29 is 5.11 Å². The molecule has 1 aromatic carbocycles. The molecule has 0 heterocycles. The van der Waals surface area contributed by atoms with Crippen molar-refractivity contribution in [2.45, 2.75) is 39.2 Å². The van der Waals surface area contributed by atoms with E-state index in [1.807, 2.05) is 18.2 Å². The summed E-state index contributed by atoms with van der Waals surface area (Å²) in [6, 6.07) is 5.89. The molecule has 1 aromatic rings. The molecule has 3 heteroatoms. The van der Waals surface area contributed by atoms with Crippen LogP contribution in [0.1, 0.15) is 32.3 Å². The summed E-state index contributed by atoms with van der Waals surface area (Å²) < 4.78 is 0.990. The van der Waals surface area contributed by atoms with Crippen LogP contribution < -0.4 is 0 Å². The number of aliphatic hydroxyl groups is 1. The lowest BCUT2D eigenvalue weighted by Gasteiger charge is -2.13. The molecule has 1 atom stereocenters. The van der Waals surface area contributed by atoms with E-state index in [4.69, 9.17) is 11.6 Å². The quantitative estimate of drug-likeness (QED) is 0.852. The smallest absolute Gasteiger partial charge is 0.0545 e. The minimum Gasteiger partial charge on any atom is -0.393 e. The number of benzene rings is 1. The van der Waals surface area contributed by atoms with Crippen LogP contribution in [0.15, 0.2) is 22.7 Å². The second kappa shape index (κ2) is 6.63. The van der Waals surface area contributed by atoms with Crippen LogP contribution in [0.4, 0.5) is 0 Å². The maximum absolute atomic E-state index is 9.77. The van der Waals surface area contributed by atoms with E-state index in [1.165, 1.54) is 0 Å². The Morgan fingerprint density at radius 1 is 1.38 bits per heavy atom. The van der Waals surface area contributed by atoms with E-state index in [2.05, 4.69) is 29.8 Å². The van der Waals surface area contributed by atoms with Crippen molar-refractivity contribution in [2.24, 2.45) is 5.92 Å². The summed E-state index contributed by atoms with van der Waals surface area (Å²) in [5, 5.41) is 10.5. The SMILES string of the molecule is CC(C)CC(O)CCc1ccc(Br)cc1Cl. The number of hydrogen-bond acceptors (Lipinski definition) is 1. The molecule has 1 unspecified atom stereocenters. The van der Waals surface area contributed by atoms with Gasteiger partial charge < -0.3 is 5.11 Å². The summed E-state index contributed by atoms with van der Waals surface area (Å²) in [5.74, 6) is 0.537. The van der Waals surface area contributed by atoms with Crippen molar-refractivity contribution >= 4 is 27.5 Å². The molecule has 90 valence electrons. The molecule has 0 bridgehead atoms. The summed E-state index contributed by atoms with van der Waals surface area (Å²) >= 11 is 9.48. The minimum atomic E-state index is -0.222. The third-order valence-electron chi connectivity index (χ3n) is 2.51. The molecule has 0 amide bonds. The van der Waals surface area contributed by atoms with Crippen LogP contribution in [0.3, 0.4) is 0 Å². The molecule has 16 heavy (non-hydrogen) atoms. The van der Waals surface area contributed by atoms with Gasteiger partial charge in [-0.05, 0) is 42.9 Å². The normalized spacial score (nSPS) is 13.1. The van der Waals surface area contributed by atoms with Crippen molar-refractivity contribution in [1.82, 2.24) is 0 Å². The van der Waals surface area contributed by atoms with Crippen molar-refractivity contribution in [2.75, 3.05) is 0 Å². The molecular formula is C13H18BrClO. The van der Waals surface area contributed by atoms with Gasteiger partial charge in [0.25, 0.3) is 0 Å². The molecule has 0 aliphatic heterocycles. The first kappa shape index (κ1) is 14.0. The molecule has 1 rings (SSSR count). The molecule has 0 fully saturated rings. The largest absolute Gasteiger partial charge is 0.393 e.